The van der Waals surface area contributed by atoms with Crippen LogP contribution in [-0.4, -0.2) is 80.6 Å². The zero-order valence-electron chi connectivity index (χ0n) is 16.4. The maximum atomic E-state index is 13.3. The van der Waals surface area contributed by atoms with Gasteiger partial charge in [0.15, 0.2) is 0 Å². The largest absolute Gasteiger partial charge is 0.465 e. The number of hydrogen-bond donors (Lipinski definition) is 1. The highest BCUT2D eigenvalue weighted by molar-refractivity contribution is 6.17. The van der Waals surface area contributed by atoms with Crippen molar-refractivity contribution in [1.29, 1.82) is 0 Å². The predicted molar refractivity (Wildman–Crippen MR) is 108 cm³/mol. The van der Waals surface area contributed by atoms with Gasteiger partial charge in [-0.15, -0.1) is 12.4 Å². The van der Waals surface area contributed by atoms with Gasteiger partial charge < -0.3 is 15.0 Å². The minimum absolute atomic E-state index is 0. The molecule has 2 aliphatic rings. The monoisotopic (exact) mass is 410 g/mol. The van der Waals surface area contributed by atoms with Crippen molar-refractivity contribution in [3.05, 3.63) is 29.8 Å². The van der Waals surface area contributed by atoms with Gasteiger partial charge in [-0.3, -0.25) is 14.6 Å². The number of carbonyl (C=O) groups is 3. The van der Waals surface area contributed by atoms with Crippen LogP contribution in [-0.2, 0) is 9.53 Å². The Morgan fingerprint density at radius 2 is 1.79 bits per heavy atom. The first-order valence-electron chi connectivity index (χ1n) is 9.11. The first-order valence-corrected chi connectivity index (χ1v) is 9.11. The molecule has 0 atom stereocenters. The molecule has 0 radical (unpaired) electrons. The van der Waals surface area contributed by atoms with Gasteiger partial charge in [0.05, 0.1) is 12.7 Å². The van der Waals surface area contributed by atoms with Crippen molar-refractivity contribution in [2.24, 2.45) is 0 Å². The van der Waals surface area contributed by atoms with Crippen LogP contribution in [0.3, 0.4) is 0 Å². The highest BCUT2D eigenvalue weighted by Crippen LogP contribution is 2.39. The van der Waals surface area contributed by atoms with E-state index in [0.29, 0.717) is 50.3 Å². The van der Waals surface area contributed by atoms with Gasteiger partial charge in [0.2, 0.25) is 0 Å². The van der Waals surface area contributed by atoms with Gasteiger partial charge in [0.1, 0.15) is 5.54 Å². The lowest BCUT2D eigenvalue weighted by Crippen LogP contribution is -2.56. The van der Waals surface area contributed by atoms with Crippen LogP contribution in [0.25, 0.3) is 0 Å². The molecule has 2 saturated heterocycles. The fraction of sp³-hybridized carbons (Fsp3) is 0.526. The van der Waals surface area contributed by atoms with Crippen LogP contribution in [0.4, 0.5) is 10.5 Å². The Kier molecular flexibility index (Phi) is 7.03. The summed E-state index contributed by atoms with van der Waals surface area (Å²) in [6, 6.07) is 6.36. The minimum atomic E-state index is -0.860. The average Bonchev–Trinajstić information content (AvgIpc) is 2.87. The van der Waals surface area contributed by atoms with E-state index in [1.807, 2.05) is 19.0 Å². The summed E-state index contributed by atoms with van der Waals surface area (Å²) in [4.78, 5) is 43.0. The van der Waals surface area contributed by atoms with Crippen LogP contribution in [0.1, 0.15) is 23.2 Å². The van der Waals surface area contributed by atoms with Crippen LogP contribution in [0, 0.1) is 0 Å². The molecule has 0 unspecified atom stereocenters. The van der Waals surface area contributed by atoms with E-state index in [0.717, 1.165) is 0 Å². The number of nitrogens with one attached hydrogen (secondary N) is 1. The zero-order valence-corrected chi connectivity index (χ0v) is 17.3. The second-order valence-electron chi connectivity index (χ2n) is 7.20. The summed E-state index contributed by atoms with van der Waals surface area (Å²) in [6.45, 7) is 2.33. The van der Waals surface area contributed by atoms with Crippen LogP contribution >= 0.6 is 12.4 Å². The Morgan fingerprint density at radius 1 is 1.18 bits per heavy atom. The number of methoxy groups -OCH3 is 1. The van der Waals surface area contributed by atoms with E-state index in [9.17, 15) is 14.4 Å². The molecule has 1 aromatic rings. The van der Waals surface area contributed by atoms with Crippen molar-refractivity contribution in [2.45, 2.75) is 18.4 Å². The van der Waals surface area contributed by atoms with Crippen molar-refractivity contribution >= 4 is 36.0 Å². The third-order valence-electron chi connectivity index (χ3n) is 5.24. The Labute approximate surface area is 171 Å². The molecule has 1 aromatic carbocycles. The first-order chi connectivity index (χ1) is 12.9. The van der Waals surface area contributed by atoms with E-state index < -0.39 is 11.5 Å². The second kappa shape index (κ2) is 8.89. The molecule has 2 aliphatic heterocycles. The number of hydrogen-bond acceptors (Lipinski definition) is 6. The van der Waals surface area contributed by atoms with Gasteiger partial charge in [0.25, 0.3) is 5.91 Å². The number of ether oxygens (including phenoxy) is 1. The number of benzene rings is 1. The van der Waals surface area contributed by atoms with Crippen molar-refractivity contribution < 1.29 is 19.1 Å². The maximum Gasteiger partial charge on any atom is 0.337 e. The van der Waals surface area contributed by atoms with Gasteiger partial charge in [-0.1, -0.05) is 0 Å². The number of piperidine rings is 1. The molecule has 0 aromatic heterocycles. The normalized spacial score (nSPS) is 18.6. The number of anilines is 1. The van der Waals surface area contributed by atoms with Crippen molar-refractivity contribution in [3.63, 3.8) is 0 Å². The van der Waals surface area contributed by atoms with Crippen LogP contribution < -0.4 is 10.2 Å². The Hall–Kier alpha value is -2.16. The smallest absolute Gasteiger partial charge is 0.337 e. The van der Waals surface area contributed by atoms with Crippen LogP contribution in [0.15, 0.2) is 24.3 Å². The minimum Gasteiger partial charge on any atom is -0.465 e. The fourth-order valence-corrected chi connectivity index (χ4v) is 3.73. The SMILES string of the molecule is COC(=O)c1ccc(N2C(=O)N(CCN(C)C)C(=O)C23CCNCC3)cc1.Cl. The van der Waals surface area contributed by atoms with Crippen molar-refractivity contribution in [2.75, 3.05) is 52.3 Å². The number of nitrogens with zero attached hydrogens (tertiary/aromatic N) is 3. The summed E-state index contributed by atoms with van der Waals surface area (Å²) < 4.78 is 4.73. The molecule has 9 heteroatoms. The lowest BCUT2D eigenvalue weighted by molar-refractivity contribution is -0.131. The summed E-state index contributed by atoms with van der Waals surface area (Å²) in [7, 11) is 5.15. The molecule has 8 nitrogen and oxygen atoms in total. The molecule has 154 valence electrons. The van der Waals surface area contributed by atoms with Gasteiger partial charge in [0, 0.05) is 18.8 Å². The molecule has 2 fully saturated rings. The molecule has 3 rings (SSSR count). The molecular formula is C19H27ClN4O4. The number of amides is 3. The van der Waals surface area contributed by atoms with Gasteiger partial charge >= 0.3 is 12.0 Å². The molecule has 0 aliphatic carbocycles. The number of rotatable bonds is 5. The number of esters is 1. The molecular weight excluding hydrogens is 384 g/mol. The van der Waals surface area contributed by atoms with E-state index in [4.69, 9.17) is 4.74 Å². The van der Waals surface area contributed by atoms with E-state index in [1.165, 1.54) is 12.0 Å². The van der Waals surface area contributed by atoms with Gasteiger partial charge in [-0.25, -0.2) is 9.59 Å². The number of halogens is 1. The highest BCUT2D eigenvalue weighted by Gasteiger charge is 2.57. The molecule has 3 amide bonds. The van der Waals surface area contributed by atoms with Crippen LogP contribution in [0.5, 0.6) is 0 Å². The summed E-state index contributed by atoms with van der Waals surface area (Å²) >= 11 is 0. The van der Waals surface area contributed by atoms with Crippen molar-refractivity contribution in [1.82, 2.24) is 15.1 Å². The van der Waals surface area contributed by atoms with E-state index in [-0.39, 0.29) is 24.3 Å². The zero-order chi connectivity index (χ0) is 19.6. The molecule has 0 saturated carbocycles. The summed E-state index contributed by atoms with van der Waals surface area (Å²) in [6.07, 6.45) is 1.13. The average molecular weight is 411 g/mol. The van der Waals surface area contributed by atoms with Gasteiger partial charge in [-0.2, -0.15) is 0 Å². The Morgan fingerprint density at radius 3 is 2.32 bits per heavy atom. The van der Waals surface area contributed by atoms with E-state index in [1.54, 1.807) is 29.2 Å². The number of imide groups is 1. The topological polar surface area (TPSA) is 82.2 Å². The summed E-state index contributed by atoms with van der Waals surface area (Å²) in [5.41, 5.74) is 0.167. The number of likely N-dealkylation sites (N-methyl/N-ethyl adjacent to an activating group) is 1. The number of carbonyl (C=O) groups excluding carboxylic acids is 3. The highest BCUT2D eigenvalue weighted by atomic mass is 35.5. The maximum absolute atomic E-state index is 13.3. The molecule has 2 heterocycles. The predicted octanol–water partition coefficient (Wildman–Crippen LogP) is 1.35. The lowest BCUT2D eigenvalue weighted by atomic mass is 9.86. The summed E-state index contributed by atoms with van der Waals surface area (Å²) in [5, 5.41) is 3.26. The first kappa shape index (κ1) is 22.1. The third kappa shape index (κ3) is 3.85. The van der Waals surface area contributed by atoms with Crippen molar-refractivity contribution in [3.8, 4) is 0 Å². The molecule has 1 N–H and O–H groups in total. The summed E-state index contributed by atoms with van der Waals surface area (Å²) in [5.74, 6) is -0.567. The molecule has 0 bridgehead atoms. The van der Waals surface area contributed by atoms with E-state index >= 15 is 0 Å². The van der Waals surface area contributed by atoms with Gasteiger partial charge in [-0.05, 0) is 64.3 Å². The third-order valence-corrected chi connectivity index (χ3v) is 5.24. The Bertz CT molecular complexity index is 732. The van der Waals surface area contributed by atoms with Crippen LogP contribution in [0.2, 0.25) is 0 Å². The standard InChI is InChI=1S/C19H26N4O4.ClH/c1-21(2)12-13-22-17(25)19(8-10-20-11-9-19)23(18(22)26)15-6-4-14(5-7-15)16(24)27-3;/h4-7,20H,8-13H2,1-3H3;1H. The lowest BCUT2D eigenvalue weighted by Gasteiger charge is -2.38. The Balaban J connectivity index is 0.00000280. The fourth-order valence-electron chi connectivity index (χ4n) is 3.73. The molecule has 1 spiro atoms. The second-order valence-corrected chi connectivity index (χ2v) is 7.20. The molecule has 28 heavy (non-hydrogen) atoms. The quantitative estimate of drug-likeness (QED) is 0.582. The number of urea groups is 1. The van der Waals surface area contributed by atoms with E-state index in [2.05, 4.69) is 5.32 Å².